The second-order valence-electron chi connectivity index (χ2n) is 5.31. The number of hydrogen-bond acceptors (Lipinski definition) is 3. The summed E-state index contributed by atoms with van der Waals surface area (Å²) in [4.78, 5) is 12.3. The van der Waals surface area contributed by atoms with E-state index in [1.165, 1.54) is 7.11 Å². The molecular formula is C17H16ClNO3S. The lowest BCUT2D eigenvalue weighted by molar-refractivity contribution is 0.0600. The summed E-state index contributed by atoms with van der Waals surface area (Å²) in [7, 11) is -0.0504. The number of esters is 1. The van der Waals surface area contributed by atoms with Crippen LogP contribution in [-0.2, 0) is 22.1 Å². The third-order valence-electron chi connectivity index (χ3n) is 3.93. The van der Waals surface area contributed by atoms with Crippen molar-refractivity contribution in [2.24, 2.45) is 0 Å². The molecule has 0 fully saturated rings. The molecule has 23 heavy (non-hydrogen) atoms. The van der Waals surface area contributed by atoms with Gasteiger partial charge in [-0.25, -0.2) is 13.7 Å². The standard InChI is InChI=1S/C17H16ClNO3S/c1-22-17(20)12-7-6-11-8-9-15(13(11)10-12)19-23(21)16-5-3-2-4-14(16)18/h2-7,10,15,19H,8-9H2,1H3. The first kappa shape index (κ1) is 16.2. The zero-order chi connectivity index (χ0) is 16.4. The molecule has 120 valence electrons. The number of hydrogen-bond donors (Lipinski definition) is 1. The monoisotopic (exact) mass is 349 g/mol. The van der Waals surface area contributed by atoms with Crippen LogP contribution < -0.4 is 4.72 Å². The predicted molar refractivity (Wildman–Crippen MR) is 89.8 cm³/mol. The summed E-state index contributed by atoms with van der Waals surface area (Å²) in [5.41, 5.74) is 2.66. The number of carbonyl (C=O) groups is 1. The van der Waals surface area contributed by atoms with E-state index in [1.54, 1.807) is 30.3 Å². The third-order valence-corrected chi connectivity index (χ3v) is 5.63. The SMILES string of the molecule is COC(=O)c1ccc2c(c1)C(NS(=O)c1ccccc1Cl)CC2. The van der Waals surface area contributed by atoms with E-state index in [4.69, 9.17) is 16.3 Å². The smallest absolute Gasteiger partial charge is 0.337 e. The van der Waals surface area contributed by atoms with Crippen molar-refractivity contribution in [2.45, 2.75) is 23.8 Å². The number of halogens is 1. The molecule has 1 N–H and O–H groups in total. The normalized spacial score (nSPS) is 17.6. The summed E-state index contributed by atoms with van der Waals surface area (Å²) in [6.07, 6.45) is 1.71. The molecule has 2 unspecified atom stereocenters. The molecule has 0 amide bonds. The maximum absolute atomic E-state index is 12.5. The molecule has 0 bridgehead atoms. The molecule has 2 aromatic rings. The Balaban J connectivity index is 1.83. The zero-order valence-electron chi connectivity index (χ0n) is 12.5. The average Bonchev–Trinajstić information content (AvgIpc) is 2.96. The van der Waals surface area contributed by atoms with Gasteiger partial charge in [0.05, 0.1) is 22.6 Å². The fraction of sp³-hybridized carbons (Fsp3) is 0.235. The van der Waals surface area contributed by atoms with E-state index in [1.807, 2.05) is 12.1 Å². The first-order valence-corrected chi connectivity index (χ1v) is 8.76. The van der Waals surface area contributed by atoms with Crippen LogP contribution in [0.1, 0.15) is 33.9 Å². The molecule has 0 aliphatic heterocycles. The van der Waals surface area contributed by atoms with Crippen molar-refractivity contribution < 1.29 is 13.7 Å². The van der Waals surface area contributed by atoms with Gasteiger partial charge in [0.2, 0.25) is 0 Å². The summed E-state index contributed by atoms with van der Waals surface area (Å²) in [5.74, 6) is -0.370. The minimum Gasteiger partial charge on any atom is -0.465 e. The van der Waals surface area contributed by atoms with Gasteiger partial charge in [-0.2, -0.15) is 0 Å². The summed E-state index contributed by atoms with van der Waals surface area (Å²) < 4.78 is 20.4. The number of carbonyl (C=O) groups excluding carboxylic acids is 1. The quantitative estimate of drug-likeness (QED) is 0.860. The first-order valence-electron chi connectivity index (χ1n) is 7.23. The van der Waals surface area contributed by atoms with Crippen molar-refractivity contribution in [1.82, 2.24) is 4.72 Å². The van der Waals surface area contributed by atoms with Crippen molar-refractivity contribution >= 4 is 28.6 Å². The number of nitrogens with one attached hydrogen (secondary N) is 1. The van der Waals surface area contributed by atoms with Crippen LogP contribution in [0.5, 0.6) is 0 Å². The lowest BCUT2D eigenvalue weighted by atomic mass is 10.0. The van der Waals surface area contributed by atoms with Gasteiger partial charge in [-0.1, -0.05) is 29.8 Å². The maximum atomic E-state index is 12.5. The largest absolute Gasteiger partial charge is 0.465 e. The molecule has 0 radical (unpaired) electrons. The molecule has 0 saturated heterocycles. The minimum atomic E-state index is -1.41. The minimum absolute atomic E-state index is 0.0771. The molecule has 0 heterocycles. The number of fused-ring (bicyclic) bond motifs is 1. The second-order valence-corrected chi connectivity index (χ2v) is 6.93. The Kier molecular flexibility index (Phi) is 4.80. The average molecular weight is 350 g/mol. The Morgan fingerprint density at radius 1 is 1.30 bits per heavy atom. The van der Waals surface area contributed by atoms with Gasteiger partial charge in [0.15, 0.2) is 0 Å². The van der Waals surface area contributed by atoms with E-state index in [0.29, 0.717) is 15.5 Å². The fourth-order valence-electron chi connectivity index (χ4n) is 2.76. The van der Waals surface area contributed by atoms with Gasteiger partial charge < -0.3 is 4.74 Å². The van der Waals surface area contributed by atoms with Gasteiger partial charge in [0.25, 0.3) is 0 Å². The molecule has 0 spiro atoms. The van der Waals surface area contributed by atoms with Crippen LogP contribution in [0.2, 0.25) is 5.02 Å². The second kappa shape index (κ2) is 6.83. The first-order chi connectivity index (χ1) is 11.1. The van der Waals surface area contributed by atoms with Gasteiger partial charge in [0, 0.05) is 6.04 Å². The summed E-state index contributed by atoms with van der Waals surface area (Å²) in [6, 6.07) is 12.5. The van der Waals surface area contributed by atoms with E-state index in [9.17, 15) is 9.00 Å². The highest BCUT2D eigenvalue weighted by molar-refractivity contribution is 7.83. The molecular weight excluding hydrogens is 334 g/mol. The number of rotatable bonds is 4. The summed E-state index contributed by atoms with van der Waals surface area (Å²) in [6.45, 7) is 0. The molecule has 1 aliphatic rings. The topological polar surface area (TPSA) is 55.4 Å². The van der Waals surface area contributed by atoms with Crippen LogP contribution in [0.4, 0.5) is 0 Å². The molecule has 2 aromatic carbocycles. The van der Waals surface area contributed by atoms with Gasteiger partial charge in [-0.05, 0) is 48.2 Å². The molecule has 4 nitrogen and oxygen atoms in total. The zero-order valence-corrected chi connectivity index (χ0v) is 14.1. The highest BCUT2D eigenvalue weighted by Crippen LogP contribution is 2.33. The lowest BCUT2D eigenvalue weighted by Crippen LogP contribution is -2.22. The molecule has 0 saturated carbocycles. The molecule has 3 rings (SSSR count). The lowest BCUT2D eigenvalue weighted by Gasteiger charge is -2.14. The highest BCUT2D eigenvalue weighted by atomic mass is 35.5. The Labute approximate surface area is 142 Å². The van der Waals surface area contributed by atoms with Crippen LogP contribution in [0.15, 0.2) is 47.4 Å². The molecule has 2 atom stereocenters. The number of ether oxygens (including phenoxy) is 1. The van der Waals surface area contributed by atoms with Crippen LogP contribution in [0, 0.1) is 0 Å². The molecule has 1 aliphatic carbocycles. The van der Waals surface area contributed by atoms with Crippen LogP contribution in [0.3, 0.4) is 0 Å². The maximum Gasteiger partial charge on any atom is 0.337 e. The predicted octanol–water partition coefficient (Wildman–Crippen LogP) is 3.43. The van der Waals surface area contributed by atoms with Crippen molar-refractivity contribution in [3.8, 4) is 0 Å². The summed E-state index contributed by atoms with van der Waals surface area (Å²) in [5, 5.41) is 0.472. The number of aryl methyl sites for hydroxylation is 1. The fourth-order valence-corrected chi connectivity index (χ4v) is 4.18. The van der Waals surface area contributed by atoms with Crippen LogP contribution in [0.25, 0.3) is 0 Å². The van der Waals surface area contributed by atoms with E-state index >= 15 is 0 Å². The van der Waals surface area contributed by atoms with Crippen molar-refractivity contribution in [1.29, 1.82) is 0 Å². The summed E-state index contributed by atoms with van der Waals surface area (Å²) >= 11 is 6.10. The van der Waals surface area contributed by atoms with E-state index in [0.717, 1.165) is 24.0 Å². The third kappa shape index (κ3) is 3.32. The molecule has 0 aromatic heterocycles. The Bertz CT molecular complexity index is 778. The van der Waals surface area contributed by atoms with Gasteiger partial charge in [-0.3, -0.25) is 0 Å². The van der Waals surface area contributed by atoms with E-state index in [-0.39, 0.29) is 12.0 Å². The van der Waals surface area contributed by atoms with Crippen molar-refractivity contribution in [3.05, 3.63) is 64.2 Å². The molecule has 6 heteroatoms. The van der Waals surface area contributed by atoms with Gasteiger partial charge in [-0.15, -0.1) is 0 Å². The van der Waals surface area contributed by atoms with E-state index in [2.05, 4.69) is 4.72 Å². The Morgan fingerprint density at radius 3 is 2.83 bits per heavy atom. The van der Waals surface area contributed by atoms with E-state index < -0.39 is 11.0 Å². The van der Waals surface area contributed by atoms with Gasteiger partial charge in [0.1, 0.15) is 11.0 Å². The van der Waals surface area contributed by atoms with Crippen LogP contribution >= 0.6 is 11.6 Å². The highest BCUT2D eigenvalue weighted by Gasteiger charge is 2.26. The Hall–Kier alpha value is -1.69. The number of methoxy groups -OCH3 is 1. The number of benzene rings is 2. The van der Waals surface area contributed by atoms with Crippen LogP contribution in [-0.4, -0.2) is 17.3 Å². The Morgan fingerprint density at radius 2 is 2.09 bits per heavy atom. The van der Waals surface area contributed by atoms with Crippen molar-refractivity contribution in [2.75, 3.05) is 7.11 Å². The van der Waals surface area contributed by atoms with Gasteiger partial charge >= 0.3 is 5.97 Å². The van der Waals surface area contributed by atoms with Crippen molar-refractivity contribution in [3.63, 3.8) is 0 Å².